The summed E-state index contributed by atoms with van der Waals surface area (Å²) in [7, 11) is 0. The molecule has 0 N–H and O–H groups in total. The van der Waals surface area contributed by atoms with Crippen LogP contribution in [0, 0.1) is 0 Å². The van der Waals surface area contributed by atoms with Crippen LogP contribution in [0.25, 0.3) is 5.57 Å². The van der Waals surface area contributed by atoms with Gasteiger partial charge in [0, 0.05) is 18.4 Å². The minimum Gasteiger partial charge on any atom is -0.445 e. The molecule has 4 rings (SSSR count). The lowest BCUT2D eigenvalue weighted by Gasteiger charge is -2.44. The van der Waals surface area contributed by atoms with Crippen LogP contribution in [0.2, 0.25) is 0 Å². The Morgan fingerprint density at radius 3 is 2.69 bits per heavy atom. The van der Waals surface area contributed by atoms with Crippen molar-refractivity contribution >= 4 is 11.7 Å². The van der Waals surface area contributed by atoms with Crippen LogP contribution in [0.1, 0.15) is 42.4 Å². The van der Waals surface area contributed by atoms with Crippen molar-refractivity contribution in [2.24, 2.45) is 0 Å². The van der Waals surface area contributed by atoms with Gasteiger partial charge < -0.3 is 4.74 Å². The molecule has 1 aromatic heterocycles. The molecular weight excluding hydrogens is 381 g/mol. The number of halogens is 3. The smallest absolute Gasteiger partial charge is 0.417 e. The second-order valence-electron chi connectivity index (χ2n) is 7.46. The topological polar surface area (TPSA) is 42.4 Å². The van der Waals surface area contributed by atoms with E-state index in [-0.39, 0.29) is 24.8 Å². The molecule has 152 valence electrons. The number of ether oxygens (including phenoxy) is 1. The van der Waals surface area contributed by atoms with E-state index in [1.54, 1.807) is 4.90 Å². The van der Waals surface area contributed by atoms with Crippen molar-refractivity contribution in [2.75, 3.05) is 0 Å². The number of piperidine rings is 1. The van der Waals surface area contributed by atoms with Gasteiger partial charge in [0.2, 0.25) is 0 Å². The van der Waals surface area contributed by atoms with Gasteiger partial charge in [-0.1, -0.05) is 36.4 Å². The zero-order chi connectivity index (χ0) is 20.4. The van der Waals surface area contributed by atoms with Gasteiger partial charge in [0.1, 0.15) is 6.61 Å². The standard InChI is InChI=1S/C22H21F3N2O2/c23-22(24,25)18-9-17(12-26-13-18)16-10-19-7-4-8-20(11-16)27(19)21(28)29-14-15-5-2-1-3-6-15/h1-3,5-6,9-10,12-13,19-20H,4,7-8,11,14H2. The van der Waals surface area contributed by atoms with Crippen LogP contribution in [-0.2, 0) is 17.5 Å². The lowest BCUT2D eigenvalue weighted by atomic mass is 9.83. The summed E-state index contributed by atoms with van der Waals surface area (Å²) >= 11 is 0. The van der Waals surface area contributed by atoms with Crippen LogP contribution < -0.4 is 0 Å². The van der Waals surface area contributed by atoms with E-state index in [9.17, 15) is 18.0 Å². The van der Waals surface area contributed by atoms with E-state index >= 15 is 0 Å². The second-order valence-corrected chi connectivity index (χ2v) is 7.46. The monoisotopic (exact) mass is 402 g/mol. The number of carbonyl (C=O) groups is 1. The highest BCUT2D eigenvalue weighted by Gasteiger charge is 2.39. The molecule has 1 saturated heterocycles. The van der Waals surface area contributed by atoms with Crippen LogP contribution >= 0.6 is 0 Å². The van der Waals surface area contributed by atoms with Crippen LogP contribution in [0.4, 0.5) is 18.0 Å². The summed E-state index contributed by atoms with van der Waals surface area (Å²) in [6.07, 6.45) is 2.44. The van der Waals surface area contributed by atoms with Gasteiger partial charge in [0.25, 0.3) is 0 Å². The molecule has 0 aliphatic carbocycles. The number of benzene rings is 1. The van der Waals surface area contributed by atoms with Crippen molar-refractivity contribution in [1.29, 1.82) is 0 Å². The van der Waals surface area contributed by atoms with Crippen molar-refractivity contribution < 1.29 is 22.7 Å². The summed E-state index contributed by atoms with van der Waals surface area (Å²) in [5, 5.41) is 0. The zero-order valence-corrected chi connectivity index (χ0v) is 15.7. The summed E-state index contributed by atoms with van der Waals surface area (Å²) in [5.74, 6) is 0. The molecule has 2 bridgehead atoms. The number of rotatable bonds is 3. The van der Waals surface area contributed by atoms with Gasteiger partial charge >= 0.3 is 12.3 Å². The maximum absolute atomic E-state index is 13.0. The molecule has 7 heteroatoms. The van der Waals surface area contributed by atoms with Gasteiger partial charge in [-0.05, 0) is 48.4 Å². The first-order valence-corrected chi connectivity index (χ1v) is 9.64. The fourth-order valence-corrected chi connectivity index (χ4v) is 4.09. The summed E-state index contributed by atoms with van der Waals surface area (Å²) in [6, 6.07) is 10.3. The number of fused-ring (bicyclic) bond motifs is 2. The molecule has 2 aromatic rings. The van der Waals surface area contributed by atoms with E-state index in [4.69, 9.17) is 4.74 Å². The van der Waals surface area contributed by atoms with Gasteiger partial charge in [-0.2, -0.15) is 13.2 Å². The number of carbonyl (C=O) groups excluding carboxylic acids is 1. The van der Waals surface area contributed by atoms with E-state index in [2.05, 4.69) is 4.98 Å². The van der Waals surface area contributed by atoms with Crippen LogP contribution in [-0.4, -0.2) is 28.1 Å². The summed E-state index contributed by atoms with van der Waals surface area (Å²) in [5.41, 5.74) is 1.43. The number of hydrogen-bond donors (Lipinski definition) is 0. The molecule has 3 heterocycles. The number of nitrogens with zero attached hydrogens (tertiary/aromatic N) is 2. The molecule has 2 aliphatic heterocycles. The molecule has 2 atom stereocenters. The Balaban J connectivity index is 1.52. The van der Waals surface area contributed by atoms with Crippen molar-refractivity contribution in [3.8, 4) is 0 Å². The molecule has 2 unspecified atom stereocenters. The minimum atomic E-state index is -4.43. The third-order valence-electron chi connectivity index (χ3n) is 5.49. The Morgan fingerprint density at radius 2 is 1.97 bits per heavy atom. The first-order valence-electron chi connectivity index (χ1n) is 9.64. The largest absolute Gasteiger partial charge is 0.445 e. The molecule has 0 saturated carbocycles. The maximum Gasteiger partial charge on any atom is 0.417 e. The van der Waals surface area contributed by atoms with Gasteiger partial charge in [-0.3, -0.25) is 9.88 Å². The van der Waals surface area contributed by atoms with Crippen LogP contribution in [0.15, 0.2) is 54.9 Å². The first kappa shape index (κ1) is 19.5. The normalized spacial score (nSPS) is 21.5. The third kappa shape index (κ3) is 4.28. The third-order valence-corrected chi connectivity index (χ3v) is 5.49. The van der Waals surface area contributed by atoms with Gasteiger partial charge in [-0.15, -0.1) is 0 Å². The fourth-order valence-electron chi connectivity index (χ4n) is 4.09. The summed E-state index contributed by atoms with van der Waals surface area (Å²) < 4.78 is 44.6. The summed E-state index contributed by atoms with van der Waals surface area (Å²) in [6.45, 7) is 0.198. The average Bonchev–Trinajstić information content (AvgIpc) is 2.71. The molecule has 2 aliphatic rings. The number of pyridine rings is 1. The van der Waals surface area contributed by atoms with E-state index in [0.717, 1.165) is 42.7 Å². The molecular formula is C22H21F3N2O2. The molecule has 4 nitrogen and oxygen atoms in total. The highest BCUT2D eigenvalue weighted by Crippen LogP contribution is 2.38. The molecule has 1 fully saturated rings. The van der Waals surface area contributed by atoms with Crippen molar-refractivity contribution in [3.63, 3.8) is 0 Å². The molecule has 29 heavy (non-hydrogen) atoms. The van der Waals surface area contributed by atoms with Gasteiger partial charge in [0.05, 0.1) is 11.6 Å². The van der Waals surface area contributed by atoms with Crippen molar-refractivity contribution in [1.82, 2.24) is 9.88 Å². The highest BCUT2D eigenvalue weighted by atomic mass is 19.4. The SMILES string of the molecule is O=C(OCc1ccccc1)N1C2C=C(c3cncc(C(F)(F)F)c3)CC1CCC2. The molecule has 0 radical (unpaired) electrons. The molecule has 1 amide bonds. The van der Waals surface area contributed by atoms with E-state index < -0.39 is 11.7 Å². The zero-order valence-electron chi connectivity index (χ0n) is 15.7. The Labute approximate surface area is 167 Å². The second kappa shape index (κ2) is 7.89. The lowest BCUT2D eigenvalue weighted by molar-refractivity contribution is -0.137. The summed E-state index contributed by atoms with van der Waals surface area (Å²) in [4.78, 5) is 18.2. The van der Waals surface area contributed by atoms with Gasteiger partial charge in [-0.25, -0.2) is 4.79 Å². The number of hydrogen-bond acceptors (Lipinski definition) is 3. The van der Waals surface area contributed by atoms with Crippen LogP contribution in [0.5, 0.6) is 0 Å². The fraction of sp³-hybridized carbons (Fsp3) is 0.364. The van der Waals surface area contributed by atoms with E-state index in [1.807, 2.05) is 36.4 Å². The predicted molar refractivity (Wildman–Crippen MR) is 102 cm³/mol. The Hall–Kier alpha value is -2.83. The van der Waals surface area contributed by atoms with E-state index in [0.29, 0.717) is 12.0 Å². The quantitative estimate of drug-likeness (QED) is 0.686. The average molecular weight is 402 g/mol. The Bertz CT molecular complexity index is 912. The van der Waals surface area contributed by atoms with E-state index in [1.165, 1.54) is 6.20 Å². The van der Waals surface area contributed by atoms with Crippen molar-refractivity contribution in [3.05, 3.63) is 71.6 Å². The Morgan fingerprint density at radius 1 is 1.17 bits per heavy atom. The first-order chi connectivity index (χ1) is 13.9. The Kier molecular flexibility index (Phi) is 5.30. The predicted octanol–water partition coefficient (Wildman–Crippen LogP) is 5.45. The number of alkyl halides is 3. The van der Waals surface area contributed by atoms with Gasteiger partial charge in [0.15, 0.2) is 0 Å². The highest BCUT2D eigenvalue weighted by molar-refractivity contribution is 5.74. The van der Waals surface area contributed by atoms with Crippen LogP contribution in [0.3, 0.4) is 0 Å². The number of amides is 1. The van der Waals surface area contributed by atoms with Crippen molar-refractivity contribution in [2.45, 2.75) is 50.6 Å². The molecule has 1 aromatic carbocycles. The molecule has 0 spiro atoms. The lowest BCUT2D eigenvalue weighted by Crippen LogP contribution is -2.51. The minimum absolute atomic E-state index is 0.0773. The maximum atomic E-state index is 13.0. The number of aromatic nitrogens is 1.